The van der Waals surface area contributed by atoms with Crippen LogP contribution in [0.5, 0.6) is 0 Å². The molecular weight excluding hydrogens is 294 g/mol. The van der Waals surface area contributed by atoms with E-state index in [1.54, 1.807) is 24.3 Å². The lowest BCUT2D eigenvalue weighted by atomic mass is 10.2. The number of benzene rings is 1. The van der Waals surface area contributed by atoms with Gasteiger partial charge in [0.1, 0.15) is 0 Å². The number of hydrogen-bond donors (Lipinski definition) is 2. The number of amides is 2. The van der Waals surface area contributed by atoms with Gasteiger partial charge in [0.05, 0.1) is 18.5 Å². The molecular formula is C13H19N3O4S. The molecule has 2 amide bonds. The summed E-state index contributed by atoms with van der Waals surface area (Å²) in [6, 6.07) is 6.51. The van der Waals surface area contributed by atoms with Gasteiger partial charge in [-0.1, -0.05) is 6.07 Å². The standard InChI is InChI=1S/C13H19N3O4S/c1-10(17)14-7-8-16(21(3,19)20)13-6-4-5-12(9-13)15-11(2)18/h4-6,9H,7-8H2,1-3H3,(H,14,17)(H,15,18). The molecule has 0 spiro atoms. The Morgan fingerprint density at radius 3 is 2.38 bits per heavy atom. The van der Waals surface area contributed by atoms with Crippen molar-refractivity contribution in [3.8, 4) is 0 Å². The minimum atomic E-state index is -3.49. The molecule has 1 aromatic rings. The van der Waals surface area contributed by atoms with Gasteiger partial charge in [0.15, 0.2) is 0 Å². The zero-order valence-electron chi connectivity index (χ0n) is 12.2. The summed E-state index contributed by atoms with van der Waals surface area (Å²) in [5.41, 5.74) is 0.933. The minimum Gasteiger partial charge on any atom is -0.355 e. The molecule has 0 radical (unpaired) electrons. The predicted molar refractivity (Wildman–Crippen MR) is 81.6 cm³/mol. The first-order chi connectivity index (χ1) is 9.70. The van der Waals surface area contributed by atoms with E-state index in [1.807, 2.05) is 0 Å². The number of rotatable bonds is 6. The van der Waals surface area contributed by atoms with E-state index < -0.39 is 10.0 Å². The van der Waals surface area contributed by atoms with Crippen LogP contribution < -0.4 is 14.9 Å². The van der Waals surface area contributed by atoms with Crippen molar-refractivity contribution < 1.29 is 18.0 Å². The lowest BCUT2D eigenvalue weighted by molar-refractivity contribution is -0.119. The lowest BCUT2D eigenvalue weighted by Gasteiger charge is -2.23. The fourth-order valence-electron chi connectivity index (χ4n) is 1.76. The molecule has 0 bridgehead atoms. The van der Waals surface area contributed by atoms with Crippen molar-refractivity contribution in [2.75, 3.05) is 29.0 Å². The largest absolute Gasteiger partial charge is 0.355 e. The summed E-state index contributed by atoms with van der Waals surface area (Å²) in [5.74, 6) is -0.466. The maximum Gasteiger partial charge on any atom is 0.232 e. The number of hydrogen-bond acceptors (Lipinski definition) is 4. The van der Waals surface area contributed by atoms with Crippen molar-refractivity contribution in [2.45, 2.75) is 13.8 Å². The van der Waals surface area contributed by atoms with Crippen LogP contribution in [0.15, 0.2) is 24.3 Å². The van der Waals surface area contributed by atoms with Gasteiger partial charge in [0, 0.05) is 26.1 Å². The zero-order valence-corrected chi connectivity index (χ0v) is 13.0. The van der Waals surface area contributed by atoms with Gasteiger partial charge in [-0.25, -0.2) is 8.42 Å². The molecule has 2 N–H and O–H groups in total. The van der Waals surface area contributed by atoms with Crippen LogP contribution in [0.3, 0.4) is 0 Å². The quantitative estimate of drug-likeness (QED) is 0.801. The SMILES string of the molecule is CC(=O)NCCN(c1cccc(NC(C)=O)c1)S(C)(=O)=O. The second-order valence-corrected chi connectivity index (χ2v) is 6.46. The Bertz CT molecular complexity index is 628. The molecule has 0 unspecified atom stereocenters. The van der Waals surface area contributed by atoms with E-state index in [2.05, 4.69) is 10.6 Å². The summed E-state index contributed by atoms with van der Waals surface area (Å²) in [6.45, 7) is 3.05. The molecule has 0 fully saturated rings. The maximum atomic E-state index is 11.9. The van der Waals surface area contributed by atoms with Crippen molar-refractivity contribution in [1.82, 2.24) is 5.32 Å². The Labute approximate surface area is 124 Å². The summed E-state index contributed by atoms with van der Waals surface area (Å²) in [6.07, 6.45) is 1.09. The van der Waals surface area contributed by atoms with Crippen molar-refractivity contribution in [3.63, 3.8) is 0 Å². The smallest absolute Gasteiger partial charge is 0.232 e. The van der Waals surface area contributed by atoms with Crippen LogP contribution in [0.2, 0.25) is 0 Å². The molecule has 0 aliphatic rings. The summed E-state index contributed by atoms with van der Waals surface area (Å²) in [7, 11) is -3.49. The summed E-state index contributed by atoms with van der Waals surface area (Å²) in [5, 5.41) is 5.15. The van der Waals surface area contributed by atoms with Gasteiger partial charge in [-0.3, -0.25) is 13.9 Å². The maximum absolute atomic E-state index is 11.9. The fraction of sp³-hybridized carbons (Fsp3) is 0.385. The molecule has 0 aliphatic carbocycles. The summed E-state index contributed by atoms with van der Waals surface area (Å²) >= 11 is 0. The van der Waals surface area contributed by atoms with Crippen molar-refractivity contribution >= 4 is 33.2 Å². The number of nitrogens with zero attached hydrogens (tertiary/aromatic N) is 1. The second-order valence-electron chi connectivity index (χ2n) is 4.55. The molecule has 116 valence electrons. The summed E-state index contributed by atoms with van der Waals surface area (Å²) in [4.78, 5) is 21.9. The third-order valence-corrected chi connectivity index (χ3v) is 3.74. The highest BCUT2D eigenvalue weighted by Crippen LogP contribution is 2.21. The monoisotopic (exact) mass is 313 g/mol. The van der Waals surface area contributed by atoms with Crippen LogP contribution in [-0.4, -0.2) is 39.6 Å². The average Bonchev–Trinajstić information content (AvgIpc) is 2.32. The Hall–Kier alpha value is -2.09. The van der Waals surface area contributed by atoms with E-state index in [0.29, 0.717) is 11.4 Å². The molecule has 1 rings (SSSR count). The average molecular weight is 313 g/mol. The van der Waals surface area contributed by atoms with Crippen molar-refractivity contribution in [1.29, 1.82) is 0 Å². The third-order valence-electron chi connectivity index (χ3n) is 2.54. The van der Waals surface area contributed by atoms with E-state index in [4.69, 9.17) is 0 Å². The van der Waals surface area contributed by atoms with Crippen LogP contribution in [-0.2, 0) is 19.6 Å². The van der Waals surface area contributed by atoms with E-state index in [0.717, 1.165) is 6.26 Å². The van der Waals surface area contributed by atoms with Gasteiger partial charge in [0.2, 0.25) is 21.8 Å². The number of carbonyl (C=O) groups excluding carboxylic acids is 2. The first-order valence-corrected chi connectivity index (χ1v) is 8.15. The number of anilines is 2. The molecule has 0 saturated carbocycles. The van der Waals surface area contributed by atoms with Crippen LogP contribution in [0, 0.1) is 0 Å². The zero-order chi connectivity index (χ0) is 16.0. The van der Waals surface area contributed by atoms with Crippen LogP contribution >= 0.6 is 0 Å². The highest BCUT2D eigenvalue weighted by Gasteiger charge is 2.17. The normalized spacial score (nSPS) is 10.8. The van der Waals surface area contributed by atoms with Crippen LogP contribution in [0.4, 0.5) is 11.4 Å². The molecule has 0 aromatic heterocycles. The van der Waals surface area contributed by atoms with Gasteiger partial charge < -0.3 is 10.6 Å². The lowest BCUT2D eigenvalue weighted by Crippen LogP contribution is -2.37. The molecule has 0 heterocycles. The molecule has 7 nitrogen and oxygen atoms in total. The molecule has 8 heteroatoms. The third kappa shape index (κ3) is 5.82. The second kappa shape index (κ2) is 7.07. The Morgan fingerprint density at radius 1 is 1.19 bits per heavy atom. The first kappa shape index (κ1) is 17.0. The number of sulfonamides is 1. The highest BCUT2D eigenvalue weighted by atomic mass is 32.2. The van der Waals surface area contributed by atoms with E-state index >= 15 is 0 Å². The molecule has 1 aromatic carbocycles. The van der Waals surface area contributed by atoms with Gasteiger partial charge in [0.25, 0.3) is 0 Å². The highest BCUT2D eigenvalue weighted by molar-refractivity contribution is 7.92. The van der Waals surface area contributed by atoms with Crippen LogP contribution in [0.25, 0.3) is 0 Å². The number of nitrogens with one attached hydrogen (secondary N) is 2. The number of carbonyl (C=O) groups is 2. The molecule has 0 atom stereocenters. The van der Waals surface area contributed by atoms with Gasteiger partial charge in [-0.15, -0.1) is 0 Å². The summed E-state index contributed by atoms with van der Waals surface area (Å²) < 4.78 is 24.9. The molecule has 21 heavy (non-hydrogen) atoms. The fourth-order valence-corrected chi connectivity index (χ4v) is 2.68. The van der Waals surface area contributed by atoms with Gasteiger partial charge in [-0.2, -0.15) is 0 Å². The van der Waals surface area contributed by atoms with Gasteiger partial charge >= 0.3 is 0 Å². The molecule has 0 saturated heterocycles. The van der Waals surface area contributed by atoms with Crippen LogP contribution in [0.1, 0.15) is 13.8 Å². The first-order valence-electron chi connectivity index (χ1n) is 6.30. The van der Waals surface area contributed by atoms with E-state index in [9.17, 15) is 18.0 Å². The van der Waals surface area contributed by atoms with Crippen molar-refractivity contribution in [2.24, 2.45) is 0 Å². The predicted octanol–water partition coefficient (Wildman–Crippen LogP) is 0.547. The minimum absolute atomic E-state index is 0.113. The van der Waals surface area contributed by atoms with E-state index in [-0.39, 0.29) is 24.9 Å². The van der Waals surface area contributed by atoms with E-state index in [1.165, 1.54) is 18.2 Å². The molecule has 0 aliphatic heterocycles. The Balaban J connectivity index is 2.98. The Kier molecular flexibility index (Phi) is 5.71. The van der Waals surface area contributed by atoms with Crippen molar-refractivity contribution in [3.05, 3.63) is 24.3 Å². The Morgan fingerprint density at radius 2 is 1.86 bits per heavy atom. The topological polar surface area (TPSA) is 95.6 Å². The van der Waals surface area contributed by atoms with Gasteiger partial charge in [-0.05, 0) is 18.2 Å².